The number of aryl methyl sites for hydroxylation is 1. The minimum absolute atomic E-state index is 0.154. The third-order valence-corrected chi connectivity index (χ3v) is 4.81. The van der Waals surface area contributed by atoms with Crippen LogP contribution in [0.4, 0.5) is 0 Å². The molecule has 0 saturated carbocycles. The summed E-state index contributed by atoms with van der Waals surface area (Å²) in [6, 6.07) is 1.03. The Kier molecular flexibility index (Phi) is 4.58. The number of hydrogen-bond donors (Lipinski definition) is 0. The predicted molar refractivity (Wildman–Crippen MR) is 78.7 cm³/mol. The maximum atomic E-state index is 12.5. The van der Waals surface area contributed by atoms with Gasteiger partial charge in [0, 0.05) is 31.7 Å². The van der Waals surface area contributed by atoms with Crippen molar-refractivity contribution in [1.82, 2.24) is 14.8 Å². The van der Waals surface area contributed by atoms with Crippen LogP contribution < -0.4 is 0 Å². The highest BCUT2D eigenvalue weighted by molar-refractivity contribution is 7.11. The highest BCUT2D eigenvalue weighted by atomic mass is 32.1. The van der Waals surface area contributed by atoms with E-state index in [2.05, 4.69) is 30.7 Å². The standard InChI is InChI=1S/C14H23N3OS/c1-5-12-8-16(6-7-17(12)10(2)3)14(18)13-11(4)15-9-19-13/h9-10,12H,5-8H2,1-4H3/t12-/m0/s1. The zero-order valence-corrected chi connectivity index (χ0v) is 13.0. The van der Waals surface area contributed by atoms with Crippen LogP contribution in [0.1, 0.15) is 42.6 Å². The van der Waals surface area contributed by atoms with E-state index in [9.17, 15) is 4.79 Å². The lowest BCUT2D eigenvalue weighted by Gasteiger charge is -2.43. The van der Waals surface area contributed by atoms with E-state index >= 15 is 0 Å². The molecule has 19 heavy (non-hydrogen) atoms. The molecule has 1 aromatic rings. The van der Waals surface area contributed by atoms with Gasteiger partial charge in [-0.3, -0.25) is 9.69 Å². The Labute approximate surface area is 119 Å². The smallest absolute Gasteiger partial charge is 0.265 e. The number of rotatable bonds is 3. The second-order valence-electron chi connectivity index (χ2n) is 5.41. The fraction of sp³-hybridized carbons (Fsp3) is 0.714. The predicted octanol–water partition coefficient (Wildman–Crippen LogP) is 2.40. The summed E-state index contributed by atoms with van der Waals surface area (Å²) < 4.78 is 0. The average molecular weight is 281 g/mol. The lowest BCUT2D eigenvalue weighted by Crippen LogP contribution is -2.56. The number of nitrogens with zero attached hydrogens (tertiary/aromatic N) is 3. The van der Waals surface area contributed by atoms with E-state index in [-0.39, 0.29) is 5.91 Å². The largest absolute Gasteiger partial charge is 0.335 e. The second-order valence-corrected chi connectivity index (χ2v) is 6.27. The Morgan fingerprint density at radius 1 is 1.53 bits per heavy atom. The second kappa shape index (κ2) is 6.01. The van der Waals surface area contributed by atoms with Gasteiger partial charge in [-0.2, -0.15) is 0 Å². The average Bonchev–Trinajstić information content (AvgIpc) is 2.83. The summed E-state index contributed by atoms with van der Waals surface area (Å²) in [4.78, 5) is 22.0. The Hall–Kier alpha value is -0.940. The zero-order valence-electron chi connectivity index (χ0n) is 12.2. The van der Waals surface area contributed by atoms with Crippen molar-refractivity contribution >= 4 is 17.2 Å². The number of hydrogen-bond acceptors (Lipinski definition) is 4. The summed E-state index contributed by atoms with van der Waals surface area (Å²) in [5.41, 5.74) is 2.61. The summed E-state index contributed by atoms with van der Waals surface area (Å²) in [7, 11) is 0. The molecule has 1 atom stereocenters. The first-order valence-corrected chi connectivity index (χ1v) is 7.87. The molecule has 1 amide bonds. The van der Waals surface area contributed by atoms with Crippen LogP contribution >= 0.6 is 11.3 Å². The fourth-order valence-corrected chi connectivity index (χ4v) is 3.52. The van der Waals surface area contributed by atoms with Crippen molar-refractivity contribution in [3.63, 3.8) is 0 Å². The van der Waals surface area contributed by atoms with E-state index in [1.54, 1.807) is 5.51 Å². The van der Waals surface area contributed by atoms with Crippen molar-refractivity contribution in [3.05, 3.63) is 16.1 Å². The maximum Gasteiger partial charge on any atom is 0.265 e. The Balaban J connectivity index is 2.08. The third kappa shape index (κ3) is 2.98. The molecule has 0 aliphatic carbocycles. The molecular formula is C14H23N3OS. The minimum Gasteiger partial charge on any atom is -0.335 e. The molecule has 0 aromatic carbocycles. The van der Waals surface area contributed by atoms with Crippen LogP contribution in [0.3, 0.4) is 0 Å². The Bertz CT molecular complexity index is 444. The molecule has 1 saturated heterocycles. The first-order valence-electron chi connectivity index (χ1n) is 6.99. The normalized spacial score (nSPS) is 21.1. The van der Waals surface area contributed by atoms with Gasteiger partial charge in [0.1, 0.15) is 4.88 Å². The molecule has 2 heterocycles. The lowest BCUT2D eigenvalue weighted by atomic mass is 10.1. The summed E-state index contributed by atoms with van der Waals surface area (Å²) >= 11 is 1.45. The monoisotopic (exact) mass is 281 g/mol. The molecule has 5 heteroatoms. The van der Waals surface area contributed by atoms with E-state index in [1.165, 1.54) is 11.3 Å². The van der Waals surface area contributed by atoms with Crippen LogP contribution in [0, 0.1) is 6.92 Å². The SMILES string of the molecule is CC[C@H]1CN(C(=O)c2scnc2C)CCN1C(C)C. The van der Waals surface area contributed by atoms with Gasteiger partial charge in [0.2, 0.25) is 0 Å². The number of piperazine rings is 1. The van der Waals surface area contributed by atoms with Crippen molar-refractivity contribution in [2.24, 2.45) is 0 Å². The van der Waals surface area contributed by atoms with Gasteiger partial charge in [-0.1, -0.05) is 6.92 Å². The van der Waals surface area contributed by atoms with Crippen LogP contribution in [0.2, 0.25) is 0 Å². The van der Waals surface area contributed by atoms with Gasteiger partial charge in [0.25, 0.3) is 5.91 Å². The molecule has 1 fully saturated rings. The quantitative estimate of drug-likeness (QED) is 0.853. The van der Waals surface area contributed by atoms with Crippen LogP contribution in [-0.2, 0) is 0 Å². The Morgan fingerprint density at radius 3 is 2.79 bits per heavy atom. The van der Waals surface area contributed by atoms with Crippen molar-refractivity contribution in [3.8, 4) is 0 Å². The van der Waals surface area contributed by atoms with Crippen molar-refractivity contribution < 1.29 is 4.79 Å². The molecule has 0 spiro atoms. The van der Waals surface area contributed by atoms with Gasteiger partial charge < -0.3 is 4.90 Å². The van der Waals surface area contributed by atoms with Gasteiger partial charge in [0.05, 0.1) is 11.2 Å². The molecule has 0 bridgehead atoms. The minimum atomic E-state index is 0.154. The van der Waals surface area contributed by atoms with Crippen molar-refractivity contribution in [2.75, 3.05) is 19.6 Å². The number of carbonyl (C=O) groups is 1. The van der Waals surface area contributed by atoms with E-state index in [1.807, 2.05) is 11.8 Å². The van der Waals surface area contributed by atoms with E-state index < -0.39 is 0 Å². The number of aromatic nitrogens is 1. The van der Waals surface area contributed by atoms with E-state index in [4.69, 9.17) is 0 Å². The first kappa shape index (κ1) is 14.5. The fourth-order valence-electron chi connectivity index (χ4n) is 2.75. The molecule has 0 radical (unpaired) electrons. The summed E-state index contributed by atoms with van der Waals surface area (Å²) in [6.45, 7) is 11.2. The topological polar surface area (TPSA) is 36.4 Å². The van der Waals surface area contributed by atoms with Crippen molar-refractivity contribution in [2.45, 2.75) is 46.2 Å². The summed E-state index contributed by atoms with van der Waals surface area (Å²) in [6.07, 6.45) is 1.09. The summed E-state index contributed by atoms with van der Waals surface area (Å²) in [5.74, 6) is 0.154. The lowest BCUT2D eigenvalue weighted by molar-refractivity contribution is 0.0374. The van der Waals surface area contributed by atoms with Gasteiger partial charge in [-0.25, -0.2) is 4.98 Å². The molecule has 1 aliphatic heterocycles. The molecule has 1 aliphatic rings. The number of amides is 1. The number of thiazole rings is 1. The van der Waals surface area contributed by atoms with Gasteiger partial charge in [0.15, 0.2) is 0 Å². The molecule has 2 rings (SSSR count). The van der Waals surface area contributed by atoms with Gasteiger partial charge >= 0.3 is 0 Å². The van der Waals surface area contributed by atoms with Crippen LogP contribution in [0.25, 0.3) is 0 Å². The highest BCUT2D eigenvalue weighted by Gasteiger charge is 2.31. The molecule has 106 valence electrons. The van der Waals surface area contributed by atoms with E-state index in [0.717, 1.165) is 36.6 Å². The maximum absolute atomic E-state index is 12.5. The Morgan fingerprint density at radius 2 is 2.26 bits per heavy atom. The zero-order chi connectivity index (χ0) is 14.0. The first-order chi connectivity index (χ1) is 9.04. The molecule has 4 nitrogen and oxygen atoms in total. The third-order valence-electron chi connectivity index (χ3n) is 3.89. The molecule has 1 aromatic heterocycles. The van der Waals surface area contributed by atoms with E-state index in [0.29, 0.717) is 12.1 Å². The van der Waals surface area contributed by atoms with Crippen LogP contribution in [-0.4, -0.2) is 52.4 Å². The molecule has 0 N–H and O–H groups in total. The number of carbonyl (C=O) groups excluding carboxylic acids is 1. The van der Waals surface area contributed by atoms with Crippen LogP contribution in [0.15, 0.2) is 5.51 Å². The van der Waals surface area contributed by atoms with Gasteiger partial charge in [-0.05, 0) is 27.2 Å². The highest BCUT2D eigenvalue weighted by Crippen LogP contribution is 2.20. The molecule has 0 unspecified atom stereocenters. The molecular weight excluding hydrogens is 258 g/mol. The summed E-state index contributed by atoms with van der Waals surface area (Å²) in [5, 5.41) is 0. The van der Waals surface area contributed by atoms with Crippen molar-refractivity contribution in [1.29, 1.82) is 0 Å². The van der Waals surface area contributed by atoms with Gasteiger partial charge in [-0.15, -0.1) is 11.3 Å². The van der Waals surface area contributed by atoms with Crippen LogP contribution in [0.5, 0.6) is 0 Å².